The van der Waals surface area contributed by atoms with E-state index in [-0.39, 0.29) is 5.54 Å². The lowest BCUT2D eigenvalue weighted by atomic mass is 9.87. The van der Waals surface area contributed by atoms with E-state index in [0.29, 0.717) is 12.1 Å². The zero-order chi connectivity index (χ0) is 12.9. The molecule has 0 aliphatic carbocycles. The van der Waals surface area contributed by atoms with Crippen LogP contribution in [0.3, 0.4) is 0 Å². The van der Waals surface area contributed by atoms with Crippen LogP contribution in [0.15, 0.2) is 0 Å². The average Bonchev–Trinajstić information content (AvgIpc) is 2.38. The lowest BCUT2D eigenvalue weighted by molar-refractivity contribution is -0.0754. The molecule has 0 bridgehead atoms. The fourth-order valence-corrected chi connectivity index (χ4v) is 2.76. The Morgan fingerprint density at radius 2 is 2.12 bits per heavy atom. The second kappa shape index (κ2) is 6.72. The van der Waals surface area contributed by atoms with Crippen molar-refractivity contribution >= 4 is 0 Å². The van der Waals surface area contributed by atoms with E-state index >= 15 is 0 Å². The summed E-state index contributed by atoms with van der Waals surface area (Å²) in [7, 11) is 0. The monoisotopic (exact) mass is 242 g/mol. The summed E-state index contributed by atoms with van der Waals surface area (Å²) in [4.78, 5) is 2.62. The number of nitrogens with zero attached hydrogens (tertiary/aromatic N) is 1. The molecule has 1 N–H and O–H groups in total. The van der Waals surface area contributed by atoms with Crippen LogP contribution in [0.1, 0.15) is 47.5 Å². The van der Waals surface area contributed by atoms with Gasteiger partial charge in [-0.25, -0.2) is 0 Å². The van der Waals surface area contributed by atoms with Crippen molar-refractivity contribution in [2.45, 2.75) is 65.1 Å². The summed E-state index contributed by atoms with van der Waals surface area (Å²) in [5.41, 5.74) is 0.243. The van der Waals surface area contributed by atoms with Crippen LogP contribution in [0, 0.1) is 0 Å². The standard InChI is InChI=1S/C14H30N2O/c1-6-13-11-16(9-10-17-13)14(5,7-2)12(4)15-8-3/h12-13,15H,6-11H2,1-5H3. The summed E-state index contributed by atoms with van der Waals surface area (Å²) < 4.78 is 5.77. The van der Waals surface area contributed by atoms with Crippen molar-refractivity contribution in [3.8, 4) is 0 Å². The lowest BCUT2D eigenvalue weighted by Crippen LogP contribution is -2.62. The van der Waals surface area contributed by atoms with Crippen LogP contribution in [0.2, 0.25) is 0 Å². The SMILES string of the molecule is CCNC(C)C(C)(CC)N1CCOC(CC)C1. The summed E-state index contributed by atoms with van der Waals surface area (Å²) in [6.07, 6.45) is 2.71. The van der Waals surface area contributed by atoms with Crippen LogP contribution in [-0.4, -0.2) is 48.8 Å². The van der Waals surface area contributed by atoms with Gasteiger partial charge in [-0.05, 0) is 33.2 Å². The highest BCUT2D eigenvalue weighted by Gasteiger charge is 2.37. The number of hydrogen-bond acceptors (Lipinski definition) is 3. The Hall–Kier alpha value is -0.120. The number of nitrogens with one attached hydrogen (secondary N) is 1. The van der Waals surface area contributed by atoms with Gasteiger partial charge in [0.25, 0.3) is 0 Å². The number of hydrogen-bond donors (Lipinski definition) is 1. The Kier molecular flexibility index (Phi) is 5.90. The molecule has 1 heterocycles. The maximum Gasteiger partial charge on any atom is 0.0700 e. The molecular weight excluding hydrogens is 212 g/mol. The molecule has 1 rings (SSSR count). The number of ether oxygens (including phenoxy) is 1. The first-order valence-corrected chi connectivity index (χ1v) is 7.18. The second-order valence-corrected chi connectivity index (χ2v) is 5.34. The third kappa shape index (κ3) is 3.43. The van der Waals surface area contributed by atoms with E-state index in [1.165, 1.54) is 6.42 Å². The van der Waals surface area contributed by atoms with Crippen LogP contribution >= 0.6 is 0 Å². The predicted octanol–water partition coefficient (Wildman–Crippen LogP) is 2.26. The summed E-state index contributed by atoms with van der Waals surface area (Å²) >= 11 is 0. The van der Waals surface area contributed by atoms with E-state index in [4.69, 9.17) is 4.74 Å². The van der Waals surface area contributed by atoms with Gasteiger partial charge in [0.05, 0.1) is 12.7 Å². The minimum Gasteiger partial charge on any atom is -0.376 e. The quantitative estimate of drug-likeness (QED) is 0.773. The van der Waals surface area contributed by atoms with Crippen molar-refractivity contribution < 1.29 is 4.74 Å². The topological polar surface area (TPSA) is 24.5 Å². The van der Waals surface area contributed by atoms with Gasteiger partial charge in [-0.2, -0.15) is 0 Å². The highest BCUT2D eigenvalue weighted by molar-refractivity contribution is 4.95. The molecule has 1 saturated heterocycles. The van der Waals surface area contributed by atoms with E-state index in [2.05, 4.69) is 44.8 Å². The number of rotatable bonds is 6. The Balaban J connectivity index is 2.70. The Morgan fingerprint density at radius 1 is 1.41 bits per heavy atom. The van der Waals surface area contributed by atoms with Crippen molar-refractivity contribution in [2.75, 3.05) is 26.2 Å². The minimum absolute atomic E-state index is 0.243. The third-order valence-corrected chi connectivity index (χ3v) is 4.48. The zero-order valence-electron chi connectivity index (χ0n) is 12.3. The fraction of sp³-hybridized carbons (Fsp3) is 1.00. The highest BCUT2D eigenvalue weighted by Crippen LogP contribution is 2.26. The van der Waals surface area contributed by atoms with Crippen LogP contribution in [-0.2, 0) is 4.74 Å². The van der Waals surface area contributed by atoms with Gasteiger partial charge in [-0.15, -0.1) is 0 Å². The van der Waals surface area contributed by atoms with Gasteiger partial charge < -0.3 is 10.1 Å². The molecule has 1 aliphatic rings. The Bertz CT molecular complexity index is 222. The molecule has 0 radical (unpaired) electrons. The molecule has 0 aromatic heterocycles. The molecule has 3 heteroatoms. The lowest BCUT2D eigenvalue weighted by Gasteiger charge is -2.48. The molecule has 17 heavy (non-hydrogen) atoms. The third-order valence-electron chi connectivity index (χ3n) is 4.48. The molecule has 3 unspecified atom stereocenters. The molecule has 3 atom stereocenters. The zero-order valence-corrected chi connectivity index (χ0v) is 12.3. The van der Waals surface area contributed by atoms with Gasteiger partial charge in [0.1, 0.15) is 0 Å². The fourth-order valence-electron chi connectivity index (χ4n) is 2.76. The van der Waals surface area contributed by atoms with Crippen LogP contribution in [0.4, 0.5) is 0 Å². The van der Waals surface area contributed by atoms with E-state index in [9.17, 15) is 0 Å². The second-order valence-electron chi connectivity index (χ2n) is 5.34. The minimum atomic E-state index is 0.243. The van der Waals surface area contributed by atoms with Crippen molar-refractivity contribution in [1.82, 2.24) is 10.2 Å². The molecule has 0 aromatic rings. The Labute approximate surface area is 107 Å². The molecule has 0 spiro atoms. The van der Waals surface area contributed by atoms with Gasteiger partial charge in [0, 0.05) is 24.7 Å². The van der Waals surface area contributed by atoms with Crippen molar-refractivity contribution in [3.63, 3.8) is 0 Å². The van der Waals surface area contributed by atoms with Gasteiger partial charge in [-0.3, -0.25) is 4.90 Å². The molecule has 0 aromatic carbocycles. The molecule has 1 aliphatic heterocycles. The van der Waals surface area contributed by atoms with Gasteiger partial charge >= 0.3 is 0 Å². The summed E-state index contributed by atoms with van der Waals surface area (Å²) in [6.45, 7) is 15.5. The first-order valence-electron chi connectivity index (χ1n) is 7.18. The smallest absolute Gasteiger partial charge is 0.0700 e. The molecule has 0 saturated carbocycles. The molecule has 0 amide bonds. The molecular formula is C14H30N2O. The summed E-state index contributed by atoms with van der Waals surface area (Å²) in [6, 6.07) is 0.521. The van der Waals surface area contributed by atoms with Crippen molar-refractivity contribution in [2.24, 2.45) is 0 Å². The predicted molar refractivity (Wildman–Crippen MR) is 73.4 cm³/mol. The van der Waals surface area contributed by atoms with Gasteiger partial charge in [0.2, 0.25) is 0 Å². The Morgan fingerprint density at radius 3 is 2.65 bits per heavy atom. The van der Waals surface area contributed by atoms with E-state index in [1.54, 1.807) is 0 Å². The number of morpholine rings is 1. The highest BCUT2D eigenvalue weighted by atomic mass is 16.5. The van der Waals surface area contributed by atoms with E-state index in [0.717, 1.165) is 32.7 Å². The first kappa shape index (κ1) is 14.9. The average molecular weight is 242 g/mol. The van der Waals surface area contributed by atoms with Crippen molar-refractivity contribution in [3.05, 3.63) is 0 Å². The largest absolute Gasteiger partial charge is 0.376 e. The first-order chi connectivity index (χ1) is 8.08. The summed E-state index contributed by atoms with van der Waals surface area (Å²) in [5.74, 6) is 0. The van der Waals surface area contributed by atoms with Gasteiger partial charge in [0.15, 0.2) is 0 Å². The molecule has 3 nitrogen and oxygen atoms in total. The van der Waals surface area contributed by atoms with Crippen molar-refractivity contribution in [1.29, 1.82) is 0 Å². The van der Waals surface area contributed by atoms with E-state index < -0.39 is 0 Å². The van der Waals surface area contributed by atoms with Crippen LogP contribution < -0.4 is 5.32 Å². The normalized spacial score (nSPS) is 27.7. The molecule has 1 fully saturated rings. The molecule has 102 valence electrons. The maximum atomic E-state index is 5.77. The summed E-state index contributed by atoms with van der Waals surface area (Å²) in [5, 5.41) is 3.58. The van der Waals surface area contributed by atoms with Gasteiger partial charge in [-0.1, -0.05) is 20.8 Å². The number of likely N-dealkylation sites (N-methyl/N-ethyl adjacent to an activating group) is 1. The maximum absolute atomic E-state index is 5.77. The van der Waals surface area contributed by atoms with E-state index in [1.807, 2.05) is 0 Å². The van der Waals surface area contributed by atoms with Crippen LogP contribution in [0.5, 0.6) is 0 Å². The van der Waals surface area contributed by atoms with Crippen LogP contribution in [0.25, 0.3) is 0 Å².